The van der Waals surface area contributed by atoms with Crippen LogP contribution in [0.2, 0.25) is 0 Å². The smallest absolute Gasteiger partial charge is 0.239 e. The minimum Gasteiger partial charge on any atom is -0.354 e. The average Bonchev–Trinajstić information content (AvgIpc) is 3.27. The quantitative estimate of drug-likeness (QED) is 0.724. The number of likely N-dealkylation sites (tertiary alicyclic amines) is 1. The lowest BCUT2D eigenvalue weighted by Crippen LogP contribution is -2.52. The van der Waals surface area contributed by atoms with Crippen molar-refractivity contribution in [3.05, 3.63) is 0 Å². The molecule has 0 radical (unpaired) electrons. The first kappa shape index (κ1) is 12.9. The molecule has 106 valence electrons. The third-order valence-corrected chi connectivity index (χ3v) is 4.17. The second-order valence-corrected chi connectivity index (χ2v) is 6.03. The zero-order valence-electron chi connectivity index (χ0n) is 11.4. The molecule has 5 nitrogen and oxygen atoms in total. The summed E-state index contributed by atoms with van der Waals surface area (Å²) in [6, 6.07) is 0.587. The van der Waals surface area contributed by atoms with Crippen LogP contribution in [0, 0.1) is 5.92 Å². The maximum atomic E-state index is 12.3. The van der Waals surface area contributed by atoms with Crippen molar-refractivity contribution in [2.45, 2.75) is 50.6 Å². The zero-order valence-corrected chi connectivity index (χ0v) is 11.4. The van der Waals surface area contributed by atoms with Crippen molar-refractivity contribution in [2.75, 3.05) is 19.6 Å². The van der Waals surface area contributed by atoms with E-state index in [1.807, 2.05) is 4.90 Å². The molecule has 0 aromatic rings. The minimum absolute atomic E-state index is 0.0142. The molecule has 0 spiro atoms. The average molecular weight is 265 g/mol. The Morgan fingerprint density at radius 3 is 2.68 bits per heavy atom. The molecule has 0 aromatic heterocycles. The zero-order chi connectivity index (χ0) is 13.2. The number of carbonyl (C=O) groups excluding carboxylic acids is 2. The molecule has 2 N–H and O–H groups in total. The predicted molar refractivity (Wildman–Crippen MR) is 71.5 cm³/mol. The molecule has 0 bridgehead atoms. The van der Waals surface area contributed by atoms with Gasteiger partial charge in [-0.3, -0.25) is 9.59 Å². The Hall–Kier alpha value is -1.10. The van der Waals surface area contributed by atoms with Gasteiger partial charge in [0.2, 0.25) is 11.8 Å². The van der Waals surface area contributed by atoms with Gasteiger partial charge in [0.1, 0.15) is 0 Å². The summed E-state index contributed by atoms with van der Waals surface area (Å²) in [5.41, 5.74) is 0. The van der Waals surface area contributed by atoms with Crippen LogP contribution in [0.5, 0.6) is 0 Å². The van der Waals surface area contributed by atoms with E-state index in [0.717, 1.165) is 32.2 Å². The van der Waals surface area contributed by atoms with Gasteiger partial charge in [-0.15, -0.1) is 0 Å². The number of nitrogens with one attached hydrogen (secondary N) is 2. The third kappa shape index (κ3) is 3.47. The number of amides is 2. The highest BCUT2D eigenvalue weighted by atomic mass is 16.2. The molecule has 5 heteroatoms. The van der Waals surface area contributed by atoms with Crippen molar-refractivity contribution in [1.82, 2.24) is 15.5 Å². The first-order valence-corrected chi connectivity index (χ1v) is 7.56. The summed E-state index contributed by atoms with van der Waals surface area (Å²) in [5.74, 6) is 0.636. The van der Waals surface area contributed by atoms with E-state index in [4.69, 9.17) is 0 Å². The summed E-state index contributed by atoms with van der Waals surface area (Å²) in [7, 11) is 0. The predicted octanol–water partition coefficient (Wildman–Crippen LogP) is 0.256. The summed E-state index contributed by atoms with van der Waals surface area (Å²) >= 11 is 0. The van der Waals surface area contributed by atoms with Gasteiger partial charge in [0, 0.05) is 31.6 Å². The second-order valence-electron chi connectivity index (χ2n) is 6.03. The van der Waals surface area contributed by atoms with E-state index >= 15 is 0 Å². The molecule has 1 aliphatic heterocycles. The van der Waals surface area contributed by atoms with Gasteiger partial charge in [0.25, 0.3) is 0 Å². The number of piperidine rings is 1. The number of rotatable bonds is 6. The van der Waals surface area contributed by atoms with Crippen LogP contribution in [0.4, 0.5) is 0 Å². The fourth-order valence-corrected chi connectivity index (χ4v) is 2.66. The maximum Gasteiger partial charge on any atom is 0.239 e. The van der Waals surface area contributed by atoms with Crippen molar-refractivity contribution < 1.29 is 9.59 Å². The number of hydrogen-bond donors (Lipinski definition) is 2. The maximum absolute atomic E-state index is 12.3. The van der Waals surface area contributed by atoms with E-state index in [9.17, 15) is 9.59 Å². The van der Waals surface area contributed by atoms with Crippen LogP contribution in [0.1, 0.15) is 38.5 Å². The lowest BCUT2D eigenvalue weighted by molar-refractivity contribution is -0.136. The Balaban J connectivity index is 1.40. The highest BCUT2D eigenvalue weighted by Gasteiger charge is 2.33. The monoisotopic (exact) mass is 265 g/mol. The Morgan fingerprint density at radius 2 is 2.00 bits per heavy atom. The van der Waals surface area contributed by atoms with Gasteiger partial charge < -0.3 is 15.5 Å². The summed E-state index contributed by atoms with van der Waals surface area (Å²) < 4.78 is 0. The van der Waals surface area contributed by atoms with E-state index in [1.54, 1.807) is 0 Å². The minimum atomic E-state index is 0.0142. The Kier molecular flexibility index (Phi) is 3.73. The molecule has 2 saturated carbocycles. The van der Waals surface area contributed by atoms with Gasteiger partial charge in [-0.1, -0.05) is 0 Å². The lowest BCUT2D eigenvalue weighted by Gasteiger charge is -2.32. The Bertz CT molecular complexity index is 364. The van der Waals surface area contributed by atoms with Crippen molar-refractivity contribution in [1.29, 1.82) is 0 Å². The van der Waals surface area contributed by atoms with Crippen molar-refractivity contribution in [3.63, 3.8) is 0 Å². The van der Waals surface area contributed by atoms with Crippen LogP contribution in [0.3, 0.4) is 0 Å². The van der Waals surface area contributed by atoms with E-state index in [1.165, 1.54) is 12.8 Å². The van der Waals surface area contributed by atoms with E-state index in [0.29, 0.717) is 19.1 Å². The van der Waals surface area contributed by atoms with Crippen molar-refractivity contribution in [3.8, 4) is 0 Å². The van der Waals surface area contributed by atoms with Gasteiger partial charge >= 0.3 is 0 Å². The molecule has 3 aliphatic rings. The molecular formula is C14H23N3O2. The molecule has 1 saturated heterocycles. The molecule has 2 aliphatic carbocycles. The highest BCUT2D eigenvalue weighted by molar-refractivity contribution is 5.83. The van der Waals surface area contributed by atoms with Gasteiger partial charge in [-0.05, 0) is 38.5 Å². The van der Waals surface area contributed by atoms with Gasteiger partial charge in [-0.25, -0.2) is 0 Å². The summed E-state index contributed by atoms with van der Waals surface area (Å²) in [6.45, 7) is 2.08. The topological polar surface area (TPSA) is 61.4 Å². The fourth-order valence-electron chi connectivity index (χ4n) is 2.66. The van der Waals surface area contributed by atoms with Crippen LogP contribution in [0.25, 0.3) is 0 Å². The molecule has 3 rings (SSSR count). The van der Waals surface area contributed by atoms with Gasteiger partial charge in [-0.2, -0.15) is 0 Å². The van der Waals surface area contributed by atoms with Crippen molar-refractivity contribution >= 4 is 11.8 Å². The highest BCUT2D eigenvalue weighted by Crippen LogP contribution is 2.28. The van der Waals surface area contributed by atoms with Crippen LogP contribution < -0.4 is 10.6 Å². The van der Waals surface area contributed by atoms with E-state index in [-0.39, 0.29) is 23.8 Å². The first-order valence-electron chi connectivity index (χ1n) is 7.56. The van der Waals surface area contributed by atoms with Crippen LogP contribution in [0.15, 0.2) is 0 Å². The first-order chi connectivity index (χ1) is 9.24. The standard InChI is InChI=1S/C14H23N3O2/c18-13(10-3-4-10)15-7-9-17-8-1-2-12(14(17)19)16-11-5-6-11/h10-12,16H,1-9H2,(H,15,18). The van der Waals surface area contributed by atoms with Crippen molar-refractivity contribution in [2.24, 2.45) is 5.92 Å². The van der Waals surface area contributed by atoms with Crippen LogP contribution >= 0.6 is 0 Å². The molecule has 3 fully saturated rings. The SMILES string of the molecule is O=C(NCCN1CCCC(NC2CC2)C1=O)C1CC1. The summed E-state index contributed by atoms with van der Waals surface area (Å²) in [4.78, 5) is 25.7. The number of hydrogen-bond acceptors (Lipinski definition) is 3. The van der Waals surface area contributed by atoms with Crippen LogP contribution in [-0.2, 0) is 9.59 Å². The molecule has 1 heterocycles. The Morgan fingerprint density at radius 1 is 1.21 bits per heavy atom. The summed E-state index contributed by atoms with van der Waals surface area (Å²) in [6.07, 6.45) is 6.50. The summed E-state index contributed by atoms with van der Waals surface area (Å²) in [5, 5.41) is 6.35. The van der Waals surface area contributed by atoms with Gasteiger partial charge in [0.05, 0.1) is 6.04 Å². The lowest BCUT2D eigenvalue weighted by atomic mass is 10.0. The molecule has 1 unspecified atom stereocenters. The fraction of sp³-hybridized carbons (Fsp3) is 0.857. The number of carbonyl (C=O) groups is 2. The Labute approximate surface area is 114 Å². The van der Waals surface area contributed by atoms with E-state index in [2.05, 4.69) is 10.6 Å². The molecule has 1 atom stereocenters. The molecule has 0 aromatic carbocycles. The molecular weight excluding hydrogens is 242 g/mol. The largest absolute Gasteiger partial charge is 0.354 e. The third-order valence-electron chi connectivity index (χ3n) is 4.17. The molecule has 2 amide bonds. The molecule has 19 heavy (non-hydrogen) atoms. The normalized spacial score (nSPS) is 27.5. The van der Waals surface area contributed by atoms with Gasteiger partial charge in [0.15, 0.2) is 0 Å². The number of nitrogens with zero attached hydrogens (tertiary/aromatic N) is 1. The van der Waals surface area contributed by atoms with Crippen LogP contribution in [-0.4, -0.2) is 48.4 Å². The van der Waals surface area contributed by atoms with E-state index < -0.39 is 0 Å². The second kappa shape index (κ2) is 5.49.